The summed E-state index contributed by atoms with van der Waals surface area (Å²) in [5.41, 5.74) is 0.0997. The van der Waals surface area contributed by atoms with Crippen molar-refractivity contribution < 1.29 is 9.59 Å². The highest BCUT2D eigenvalue weighted by molar-refractivity contribution is 5.77. The molecule has 1 aliphatic heterocycles. The highest BCUT2D eigenvalue weighted by Crippen LogP contribution is 2.26. The van der Waals surface area contributed by atoms with E-state index < -0.39 is 0 Å². The number of carbonyl (C=O) groups excluding carboxylic acids is 2. The Morgan fingerprint density at radius 2 is 1.84 bits per heavy atom. The highest BCUT2D eigenvalue weighted by atomic mass is 16.2. The van der Waals surface area contributed by atoms with Gasteiger partial charge in [0.1, 0.15) is 5.78 Å². The van der Waals surface area contributed by atoms with Gasteiger partial charge in [-0.25, -0.2) is 0 Å². The monoisotopic (exact) mass is 268 g/mol. The Kier molecular flexibility index (Phi) is 5.98. The number of hydrogen-bond donors (Lipinski definition) is 1. The molecule has 1 atom stereocenters. The van der Waals surface area contributed by atoms with Crippen LogP contribution in [0.2, 0.25) is 0 Å². The van der Waals surface area contributed by atoms with E-state index in [-0.39, 0.29) is 23.1 Å². The van der Waals surface area contributed by atoms with Crippen LogP contribution in [-0.2, 0) is 9.59 Å². The molecular formula is C15H28N2O2. The van der Waals surface area contributed by atoms with E-state index >= 15 is 0 Å². The van der Waals surface area contributed by atoms with Gasteiger partial charge in [-0.2, -0.15) is 0 Å². The maximum absolute atomic E-state index is 12.3. The van der Waals surface area contributed by atoms with Crippen molar-refractivity contribution >= 4 is 11.7 Å². The summed E-state index contributed by atoms with van der Waals surface area (Å²) in [5, 5.41) is 3.37. The average Bonchev–Trinajstić information content (AvgIpc) is 2.33. The molecule has 0 aromatic carbocycles. The molecule has 0 bridgehead atoms. The van der Waals surface area contributed by atoms with E-state index in [4.69, 9.17) is 0 Å². The number of nitrogens with one attached hydrogen (secondary N) is 1. The molecule has 0 saturated carbocycles. The van der Waals surface area contributed by atoms with Crippen molar-refractivity contribution in [1.29, 1.82) is 0 Å². The summed E-state index contributed by atoms with van der Waals surface area (Å²) in [6, 6.07) is 0.265. The lowest BCUT2D eigenvalue weighted by Crippen LogP contribution is -2.58. The fourth-order valence-corrected chi connectivity index (χ4v) is 2.57. The van der Waals surface area contributed by atoms with Crippen molar-refractivity contribution in [2.24, 2.45) is 5.41 Å². The fraction of sp³-hybridized carbons (Fsp3) is 0.867. The molecule has 0 spiro atoms. The third-order valence-corrected chi connectivity index (χ3v) is 3.73. The van der Waals surface area contributed by atoms with E-state index in [1.54, 1.807) is 6.92 Å². The number of piperazine rings is 1. The van der Waals surface area contributed by atoms with Crippen molar-refractivity contribution in [1.82, 2.24) is 10.2 Å². The van der Waals surface area contributed by atoms with Crippen molar-refractivity contribution in [3.05, 3.63) is 0 Å². The summed E-state index contributed by atoms with van der Waals surface area (Å²) in [7, 11) is 0. The minimum Gasteiger partial charge on any atom is -0.337 e. The van der Waals surface area contributed by atoms with Crippen LogP contribution < -0.4 is 5.32 Å². The van der Waals surface area contributed by atoms with Gasteiger partial charge < -0.3 is 15.0 Å². The predicted octanol–water partition coefficient (Wildman–Crippen LogP) is 1.98. The Balaban J connectivity index is 2.46. The van der Waals surface area contributed by atoms with Gasteiger partial charge in [0.25, 0.3) is 0 Å². The van der Waals surface area contributed by atoms with Crippen molar-refractivity contribution in [3.8, 4) is 0 Å². The molecule has 1 unspecified atom stereocenters. The van der Waals surface area contributed by atoms with Crippen LogP contribution in [0.4, 0.5) is 0 Å². The number of ketones is 1. The molecule has 1 aliphatic rings. The second-order valence-electron chi connectivity index (χ2n) is 6.58. The number of nitrogens with zero attached hydrogens (tertiary/aromatic N) is 1. The van der Waals surface area contributed by atoms with Crippen LogP contribution in [0.5, 0.6) is 0 Å². The second kappa shape index (κ2) is 7.04. The van der Waals surface area contributed by atoms with Crippen LogP contribution in [0, 0.1) is 5.41 Å². The maximum Gasteiger partial charge on any atom is 0.222 e. The first-order valence-corrected chi connectivity index (χ1v) is 7.32. The number of carbonyl (C=O) groups is 2. The minimum atomic E-state index is 0.0997. The molecule has 1 fully saturated rings. The molecule has 110 valence electrons. The summed E-state index contributed by atoms with van der Waals surface area (Å²) < 4.78 is 0. The number of unbranched alkanes of at least 4 members (excludes halogenated alkanes) is 1. The first kappa shape index (κ1) is 16.2. The smallest absolute Gasteiger partial charge is 0.222 e. The third-order valence-electron chi connectivity index (χ3n) is 3.73. The van der Waals surface area contributed by atoms with Crippen molar-refractivity contribution in [3.63, 3.8) is 0 Å². The lowest BCUT2D eigenvalue weighted by atomic mass is 9.84. The fourth-order valence-electron chi connectivity index (χ4n) is 2.57. The first-order chi connectivity index (χ1) is 8.82. The Morgan fingerprint density at radius 1 is 1.21 bits per heavy atom. The van der Waals surface area contributed by atoms with Gasteiger partial charge in [0.05, 0.1) is 0 Å². The van der Waals surface area contributed by atoms with Crippen LogP contribution in [-0.4, -0.2) is 42.3 Å². The number of hydrogen-bond acceptors (Lipinski definition) is 3. The molecule has 0 aromatic rings. The molecule has 19 heavy (non-hydrogen) atoms. The zero-order valence-corrected chi connectivity index (χ0v) is 12.8. The van der Waals surface area contributed by atoms with Gasteiger partial charge in [-0.1, -0.05) is 20.8 Å². The molecule has 4 heteroatoms. The summed E-state index contributed by atoms with van der Waals surface area (Å²) in [4.78, 5) is 25.2. The van der Waals surface area contributed by atoms with Crippen molar-refractivity contribution in [2.45, 2.75) is 59.4 Å². The summed E-state index contributed by atoms with van der Waals surface area (Å²) >= 11 is 0. The molecule has 1 amide bonds. The molecule has 4 nitrogen and oxygen atoms in total. The summed E-state index contributed by atoms with van der Waals surface area (Å²) in [5.74, 6) is 0.451. The lowest BCUT2D eigenvalue weighted by molar-refractivity contribution is -0.137. The maximum atomic E-state index is 12.3. The van der Waals surface area contributed by atoms with Crippen LogP contribution in [0.15, 0.2) is 0 Å². The third kappa shape index (κ3) is 5.31. The Labute approximate surface area is 116 Å². The number of amides is 1. The average molecular weight is 268 g/mol. The van der Waals surface area contributed by atoms with Gasteiger partial charge in [-0.15, -0.1) is 0 Å². The normalized spacial score (nSPS) is 20.4. The van der Waals surface area contributed by atoms with Gasteiger partial charge in [-0.05, 0) is 25.2 Å². The number of rotatable bonds is 5. The molecule has 1 N–H and O–H groups in total. The van der Waals surface area contributed by atoms with Crippen LogP contribution in [0.1, 0.15) is 53.4 Å². The summed E-state index contributed by atoms with van der Waals surface area (Å²) in [6.45, 7) is 10.7. The van der Waals surface area contributed by atoms with Crippen LogP contribution in [0.25, 0.3) is 0 Å². The largest absolute Gasteiger partial charge is 0.337 e. The second-order valence-corrected chi connectivity index (χ2v) is 6.58. The molecule has 0 aliphatic carbocycles. The molecule has 1 rings (SSSR count). The van der Waals surface area contributed by atoms with E-state index in [9.17, 15) is 9.59 Å². The predicted molar refractivity (Wildman–Crippen MR) is 77.0 cm³/mol. The standard InChI is InChI=1S/C15H28N2O2/c1-12(18)7-5-6-8-14(19)17-10-9-16-11-13(17)15(2,3)4/h13,16H,5-11H2,1-4H3. The lowest BCUT2D eigenvalue weighted by Gasteiger charge is -2.43. The highest BCUT2D eigenvalue weighted by Gasteiger charge is 2.34. The van der Waals surface area contributed by atoms with E-state index in [1.165, 1.54) is 0 Å². The molecule has 0 aromatic heterocycles. The SMILES string of the molecule is CC(=O)CCCCC(=O)N1CCNCC1C(C)(C)C. The van der Waals surface area contributed by atoms with Crippen molar-refractivity contribution in [2.75, 3.05) is 19.6 Å². The van der Waals surface area contributed by atoms with E-state index in [0.717, 1.165) is 32.5 Å². The minimum absolute atomic E-state index is 0.0997. The van der Waals surface area contributed by atoms with Gasteiger partial charge in [0, 0.05) is 38.5 Å². The molecular weight excluding hydrogens is 240 g/mol. The Bertz CT molecular complexity index is 321. The molecule has 1 saturated heterocycles. The van der Waals surface area contributed by atoms with Gasteiger partial charge in [0.15, 0.2) is 0 Å². The zero-order chi connectivity index (χ0) is 14.5. The number of Topliss-reactive ketones (excluding diaryl/α,β-unsaturated/α-hetero) is 1. The first-order valence-electron chi connectivity index (χ1n) is 7.32. The molecule has 1 heterocycles. The van der Waals surface area contributed by atoms with Gasteiger partial charge >= 0.3 is 0 Å². The van der Waals surface area contributed by atoms with E-state index in [1.807, 2.05) is 4.90 Å². The van der Waals surface area contributed by atoms with E-state index in [2.05, 4.69) is 26.1 Å². The Hall–Kier alpha value is -0.900. The van der Waals surface area contributed by atoms with Crippen LogP contribution >= 0.6 is 0 Å². The zero-order valence-electron chi connectivity index (χ0n) is 12.8. The quantitative estimate of drug-likeness (QED) is 0.776. The Morgan fingerprint density at radius 3 is 2.42 bits per heavy atom. The topological polar surface area (TPSA) is 49.4 Å². The van der Waals surface area contributed by atoms with Gasteiger partial charge in [0.2, 0.25) is 5.91 Å². The molecule has 0 radical (unpaired) electrons. The van der Waals surface area contributed by atoms with Gasteiger partial charge in [-0.3, -0.25) is 4.79 Å². The van der Waals surface area contributed by atoms with E-state index in [0.29, 0.717) is 12.8 Å². The summed E-state index contributed by atoms with van der Waals surface area (Å²) in [6.07, 6.45) is 2.81. The van der Waals surface area contributed by atoms with Crippen LogP contribution in [0.3, 0.4) is 0 Å².